The maximum Gasteiger partial charge on any atom is 0.323 e. The van der Waals surface area contributed by atoms with Crippen LogP contribution in [0.4, 0.5) is 0 Å². The summed E-state index contributed by atoms with van der Waals surface area (Å²) in [6, 6.07) is 9.74. The molecule has 0 saturated carbocycles. The van der Waals surface area contributed by atoms with Gasteiger partial charge in [0.05, 0.1) is 19.3 Å². The number of rotatable bonds is 9. The molecule has 0 bridgehead atoms. The number of nitrogens with zero attached hydrogens (tertiary/aromatic N) is 1. The van der Waals surface area contributed by atoms with Crippen LogP contribution in [-0.2, 0) is 20.7 Å². The zero-order chi connectivity index (χ0) is 15.7. The Bertz CT molecular complexity index is 406. The van der Waals surface area contributed by atoms with Gasteiger partial charge in [-0.25, -0.2) is 0 Å². The standard InChI is InChI=1S/C17H27NO3/c1-5-20-17(19)16(13-15-9-7-6-8-10-15)18(4)11-12-21-14(2)3/h6-10,14,16H,5,11-13H2,1-4H3/t16-/m1/s1. The molecule has 0 saturated heterocycles. The van der Waals surface area contributed by atoms with E-state index in [0.717, 1.165) is 5.56 Å². The zero-order valence-corrected chi connectivity index (χ0v) is 13.5. The molecule has 0 amide bonds. The number of hydrogen-bond acceptors (Lipinski definition) is 4. The Morgan fingerprint density at radius 1 is 1.24 bits per heavy atom. The molecule has 0 heterocycles. The van der Waals surface area contributed by atoms with Gasteiger partial charge in [0.1, 0.15) is 6.04 Å². The first-order chi connectivity index (χ1) is 10.0. The second kappa shape index (κ2) is 9.53. The number of ether oxygens (including phenoxy) is 2. The average Bonchev–Trinajstić information content (AvgIpc) is 2.45. The van der Waals surface area contributed by atoms with Gasteiger partial charge >= 0.3 is 5.97 Å². The Hall–Kier alpha value is -1.39. The fourth-order valence-electron chi connectivity index (χ4n) is 2.08. The van der Waals surface area contributed by atoms with Crippen molar-refractivity contribution in [2.45, 2.75) is 39.3 Å². The van der Waals surface area contributed by atoms with Crippen molar-refractivity contribution in [1.29, 1.82) is 0 Å². The van der Waals surface area contributed by atoms with Crippen LogP contribution >= 0.6 is 0 Å². The fourth-order valence-corrected chi connectivity index (χ4v) is 2.08. The second-order valence-electron chi connectivity index (χ2n) is 5.36. The topological polar surface area (TPSA) is 38.8 Å². The van der Waals surface area contributed by atoms with Crippen molar-refractivity contribution in [3.8, 4) is 0 Å². The molecule has 0 N–H and O–H groups in total. The van der Waals surface area contributed by atoms with Crippen molar-refractivity contribution < 1.29 is 14.3 Å². The Labute approximate surface area is 128 Å². The molecule has 0 radical (unpaired) electrons. The van der Waals surface area contributed by atoms with Gasteiger partial charge in [-0.05, 0) is 39.8 Å². The van der Waals surface area contributed by atoms with Crippen LogP contribution in [0.5, 0.6) is 0 Å². The van der Waals surface area contributed by atoms with E-state index in [2.05, 4.69) is 0 Å². The van der Waals surface area contributed by atoms with E-state index < -0.39 is 0 Å². The smallest absolute Gasteiger partial charge is 0.323 e. The van der Waals surface area contributed by atoms with E-state index in [1.165, 1.54) is 0 Å². The number of esters is 1. The quantitative estimate of drug-likeness (QED) is 0.656. The van der Waals surface area contributed by atoms with E-state index in [-0.39, 0.29) is 18.1 Å². The summed E-state index contributed by atoms with van der Waals surface area (Å²) >= 11 is 0. The van der Waals surface area contributed by atoms with Crippen molar-refractivity contribution in [3.63, 3.8) is 0 Å². The number of carbonyl (C=O) groups excluding carboxylic acids is 1. The lowest BCUT2D eigenvalue weighted by molar-refractivity contribution is -0.149. The summed E-state index contributed by atoms with van der Waals surface area (Å²) in [5.74, 6) is -0.173. The van der Waals surface area contributed by atoms with Gasteiger partial charge in [0.15, 0.2) is 0 Å². The SMILES string of the molecule is CCOC(=O)[C@@H](Cc1ccccc1)N(C)CCOC(C)C. The van der Waals surface area contributed by atoms with E-state index in [0.29, 0.717) is 26.2 Å². The zero-order valence-electron chi connectivity index (χ0n) is 13.5. The summed E-state index contributed by atoms with van der Waals surface area (Å²) in [6.45, 7) is 7.56. The maximum absolute atomic E-state index is 12.2. The number of carbonyl (C=O) groups is 1. The molecule has 0 fully saturated rings. The summed E-state index contributed by atoms with van der Waals surface area (Å²) in [5.41, 5.74) is 1.13. The average molecular weight is 293 g/mol. The molecule has 1 aromatic rings. The minimum absolute atomic E-state index is 0.173. The van der Waals surface area contributed by atoms with Gasteiger partial charge in [-0.15, -0.1) is 0 Å². The van der Waals surface area contributed by atoms with Gasteiger partial charge in [-0.1, -0.05) is 30.3 Å². The van der Waals surface area contributed by atoms with Crippen LogP contribution < -0.4 is 0 Å². The highest BCUT2D eigenvalue weighted by Gasteiger charge is 2.24. The van der Waals surface area contributed by atoms with Crippen LogP contribution in [0, 0.1) is 0 Å². The summed E-state index contributed by atoms with van der Waals surface area (Å²) in [6.07, 6.45) is 0.853. The molecule has 1 rings (SSSR count). The number of hydrogen-bond donors (Lipinski definition) is 0. The number of benzene rings is 1. The van der Waals surface area contributed by atoms with Crippen LogP contribution in [0.2, 0.25) is 0 Å². The van der Waals surface area contributed by atoms with Crippen LogP contribution in [0.1, 0.15) is 26.3 Å². The van der Waals surface area contributed by atoms with Crippen molar-refractivity contribution in [3.05, 3.63) is 35.9 Å². The highest BCUT2D eigenvalue weighted by atomic mass is 16.5. The van der Waals surface area contributed by atoms with Crippen LogP contribution in [-0.4, -0.2) is 49.8 Å². The molecular formula is C17H27NO3. The van der Waals surface area contributed by atoms with Crippen molar-refractivity contribution >= 4 is 5.97 Å². The Kier molecular flexibility index (Phi) is 8.01. The van der Waals surface area contributed by atoms with E-state index >= 15 is 0 Å². The van der Waals surface area contributed by atoms with Crippen LogP contribution in [0.3, 0.4) is 0 Å². The molecule has 4 nitrogen and oxygen atoms in total. The lowest BCUT2D eigenvalue weighted by atomic mass is 10.1. The molecule has 1 atom stereocenters. The predicted molar refractivity (Wildman–Crippen MR) is 84.3 cm³/mol. The summed E-state index contributed by atoms with van der Waals surface area (Å²) in [7, 11) is 1.94. The van der Waals surface area contributed by atoms with Crippen LogP contribution in [0.25, 0.3) is 0 Å². The molecule has 0 spiro atoms. The largest absolute Gasteiger partial charge is 0.465 e. The Morgan fingerprint density at radius 2 is 1.90 bits per heavy atom. The monoisotopic (exact) mass is 293 g/mol. The second-order valence-corrected chi connectivity index (χ2v) is 5.36. The van der Waals surface area contributed by atoms with Crippen LogP contribution in [0.15, 0.2) is 30.3 Å². The van der Waals surface area contributed by atoms with Gasteiger partial charge < -0.3 is 9.47 Å². The molecule has 0 aliphatic carbocycles. The molecule has 1 aromatic carbocycles. The molecule has 118 valence electrons. The minimum Gasteiger partial charge on any atom is -0.465 e. The van der Waals surface area contributed by atoms with E-state index in [1.54, 1.807) is 0 Å². The van der Waals surface area contributed by atoms with Crippen molar-refractivity contribution in [2.75, 3.05) is 26.8 Å². The summed E-state index contributed by atoms with van der Waals surface area (Å²) in [5, 5.41) is 0. The highest BCUT2D eigenvalue weighted by Crippen LogP contribution is 2.10. The molecule has 0 unspecified atom stereocenters. The third kappa shape index (κ3) is 6.74. The molecule has 21 heavy (non-hydrogen) atoms. The van der Waals surface area contributed by atoms with Crippen molar-refractivity contribution in [2.24, 2.45) is 0 Å². The summed E-state index contributed by atoms with van der Waals surface area (Å²) in [4.78, 5) is 14.2. The van der Waals surface area contributed by atoms with Gasteiger partial charge in [0.2, 0.25) is 0 Å². The van der Waals surface area contributed by atoms with Gasteiger partial charge in [0, 0.05) is 6.54 Å². The van der Waals surface area contributed by atoms with Crippen molar-refractivity contribution in [1.82, 2.24) is 4.90 Å². The molecule has 0 aromatic heterocycles. The van der Waals surface area contributed by atoms with Gasteiger partial charge in [-0.2, -0.15) is 0 Å². The summed E-state index contributed by atoms with van der Waals surface area (Å²) < 4.78 is 10.8. The van der Waals surface area contributed by atoms with E-state index in [9.17, 15) is 4.79 Å². The van der Waals surface area contributed by atoms with Gasteiger partial charge in [0.25, 0.3) is 0 Å². The lowest BCUT2D eigenvalue weighted by Crippen LogP contribution is -2.43. The lowest BCUT2D eigenvalue weighted by Gasteiger charge is -2.26. The molecule has 0 aliphatic heterocycles. The predicted octanol–water partition coefficient (Wildman–Crippen LogP) is 2.52. The first kappa shape index (κ1) is 17.7. The third-order valence-corrected chi connectivity index (χ3v) is 3.26. The van der Waals surface area contributed by atoms with Gasteiger partial charge in [-0.3, -0.25) is 9.69 Å². The first-order valence-corrected chi connectivity index (χ1v) is 7.57. The Balaban J connectivity index is 2.65. The highest BCUT2D eigenvalue weighted by molar-refractivity contribution is 5.76. The molecular weight excluding hydrogens is 266 g/mol. The first-order valence-electron chi connectivity index (χ1n) is 7.57. The maximum atomic E-state index is 12.2. The normalized spacial score (nSPS) is 12.7. The van der Waals surface area contributed by atoms with E-state index in [4.69, 9.17) is 9.47 Å². The number of likely N-dealkylation sites (N-methyl/N-ethyl adjacent to an activating group) is 1. The molecule has 4 heteroatoms. The third-order valence-electron chi connectivity index (χ3n) is 3.26. The molecule has 0 aliphatic rings. The van der Waals surface area contributed by atoms with E-state index in [1.807, 2.05) is 63.1 Å². The fraction of sp³-hybridized carbons (Fsp3) is 0.588. The minimum atomic E-state index is -0.275. The Morgan fingerprint density at radius 3 is 2.48 bits per heavy atom.